The Balaban J connectivity index is 1.72. The second-order valence-corrected chi connectivity index (χ2v) is 6.73. The molecule has 0 unspecified atom stereocenters. The van der Waals surface area contributed by atoms with Crippen LogP contribution in [0.3, 0.4) is 0 Å². The number of furan rings is 1. The van der Waals surface area contributed by atoms with Gasteiger partial charge in [0.2, 0.25) is 0 Å². The lowest BCUT2D eigenvalue weighted by molar-refractivity contribution is -0.384. The number of halogens is 1. The first-order valence-corrected chi connectivity index (χ1v) is 9.36. The van der Waals surface area contributed by atoms with E-state index in [1.807, 2.05) is 18.2 Å². The van der Waals surface area contributed by atoms with Crippen LogP contribution < -0.4 is 10.1 Å². The Morgan fingerprint density at radius 1 is 1.26 bits per heavy atom. The Bertz CT molecular complexity index is 1190. The van der Waals surface area contributed by atoms with Gasteiger partial charge in [-0.05, 0) is 35.9 Å². The number of carbonyl (C=O) groups excluding carboxylic acids is 1. The predicted molar refractivity (Wildman–Crippen MR) is 114 cm³/mol. The van der Waals surface area contributed by atoms with Crippen molar-refractivity contribution in [2.45, 2.75) is 6.54 Å². The first-order valence-electron chi connectivity index (χ1n) is 8.98. The number of hydrogen-bond donors (Lipinski definition) is 1. The van der Waals surface area contributed by atoms with Crippen LogP contribution >= 0.6 is 11.6 Å². The van der Waals surface area contributed by atoms with E-state index in [1.54, 1.807) is 31.4 Å². The SMILES string of the molecule is COc1ccc(CNC(=O)/C(C#N)=C/c2ccc(-c3ccc([N+](=O)[O-])cc3Cl)o2)cc1. The lowest BCUT2D eigenvalue weighted by Crippen LogP contribution is -2.23. The third kappa shape index (κ3) is 5.29. The summed E-state index contributed by atoms with van der Waals surface area (Å²) in [4.78, 5) is 22.6. The van der Waals surface area contributed by atoms with Crippen molar-refractivity contribution in [1.29, 1.82) is 5.26 Å². The molecule has 1 N–H and O–H groups in total. The molecule has 0 spiro atoms. The van der Waals surface area contributed by atoms with Gasteiger partial charge in [0.25, 0.3) is 11.6 Å². The fourth-order valence-electron chi connectivity index (χ4n) is 2.70. The highest BCUT2D eigenvalue weighted by atomic mass is 35.5. The first-order chi connectivity index (χ1) is 14.9. The molecule has 0 fully saturated rings. The van der Waals surface area contributed by atoms with E-state index >= 15 is 0 Å². The second-order valence-electron chi connectivity index (χ2n) is 6.32. The average molecular weight is 438 g/mol. The molecule has 2 aromatic carbocycles. The molecule has 0 saturated heterocycles. The maximum Gasteiger partial charge on any atom is 0.270 e. The van der Waals surface area contributed by atoms with E-state index in [2.05, 4.69) is 5.32 Å². The normalized spacial score (nSPS) is 10.9. The fourth-order valence-corrected chi connectivity index (χ4v) is 2.97. The topological polar surface area (TPSA) is 118 Å². The highest BCUT2D eigenvalue weighted by Crippen LogP contribution is 2.32. The summed E-state index contributed by atoms with van der Waals surface area (Å²) in [5, 5.41) is 23.0. The van der Waals surface area contributed by atoms with Gasteiger partial charge in [-0.25, -0.2) is 0 Å². The number of methoxy groups -OCH3 is 1. The van der Waals surface area contributed by atoms with Gasteiger partial charge < -0.3 is 14.5 Å². The van der Waals surface area contributed by atoms with Crippen molar-refractivity contribution in [2.24, 2.45) is 0 Å². The minimum absolute atomic E-state index is 0.135. The molecular weight excluding hydrogens is 422 g/mol. The van der Waals surface area contributed by atoms with E-state index in [0.29, 0.717) is 17.1 Å². The smallest absolute Gasteiger partial charge is 0.270 e. The van der Waals surface area contributed by atoms with Gasteiger partial charge in [-0.1, -0.05) is 23.7 Å². The number of nitro benzene ring substituents is 1. The van der Waals surface area contributed by atoms with E-state index in [4.69, 9.17) is 20.8 Å². The lowest BCUT2D eigenvalue weighted by Gasteiger charge is -2.05. The molecule has 3 rings (SSSR count). The van der Waals surface area contributed by atoms with Crippen molar-refractivity contribution < 1.29 is 18.9 Å². The molecular formula is C22H16ClN3O5. The number of non-ortho nitro benzene ring substituents is 1. The van der Waals surface area contributed by atoms with Crippen molar-refractivity contribution in [3.05, 3.63) is 86.6 Å². The van der Waals surface area contributed by atoms with Gasteiger partial charge in [-0.15, -0.1) is 0 Å². The van der Waals surface area contributed by atoms with Gasteiger partial charge >= 0.3 is 0 Å². The van der Waals surface area contributed by atoms with E-state index in [-0.39, 0.29) is 28.6 Å². The predicted octanol–water partition coefficient (Wildman–Crippen LogP) is 4.74. The van der Waals surface area contributed by atoms with Crippen molar-refractivity contribution in [2.75, 3.05) is 7.11 Å². The molecule has 156 valence electrons. The first kappa shape index (κ1) is 21.6. The molecule has 1 heterocycles. The maximum absolute atomic E-state index is 12.4. The summed E-state index contributed by atoms with van der Waals surface area (Å²) < 4.78 is 10.7. The largest absolute Gasteiger partial charge is 0.497 e. The summed E-state index contributed by atoms with van der Waals surface area (Å²) in [5.74, 6) is 0.765. The summed E-state index contributed by atoms with van der Waals surface area (Å²) in [6.07, 6.45) is 1.31. The van der Waals surface area contributed by atoms with Crippen LogP contribution in [0.4, 0.5) is 5.69 Å². The van der Waals surface area contributed by atoms with Crippen molar-refractivity contribution in [1.82, 2.24) is 5.32 Å². The highest BCUT2D eigenvalue weighted by molar-refractivity contribution is 6.33. The number of nitro groups is 1. The standard InChI is InChI=1S/C22H16ClN3O5/c1-30-17-5-2-14(3-6-17)13-25-22(27)15(12-24)10-18-7-9-21(31-18)19-8-4-16(26(28)29)11-20(19)23/h2-11H,13H2,1H3,(H,25,27)/b15-10+. The van der Waals surface area contributed by atoms with Crippen LogP contribution in [0.1, 0.15) is 11.3 Å². The Labute approximate surface area is 182 Å². The zero-order chi connectivity index (χ0) is 22.4. The number of nitrogens with one attached hydrogen (secondary N) is 1. The van der Waals surface area contributed by atoms with Crippen LogP contribution in [0.25, 0.3) is 17.4 Å². The zero-order valence-electron chi connectivity index (χ0n) is 16.3. The highest BCUT2D eigenvalue weighted by Gasteiger charge is 2.15. The molecule has 9 heteroatoms. The number of nitriles is 1. The summed E-state index contributed by atoms with van der Waals surface area (Å²) >= 11 is 6.12. The number of nitrogens with zero attached hydrogens (tertiary/aromatic N) is 2. The molecule has 1 amide bonds. The maximum atomic E-state index is 12.4. The summed E-state index contributed by atoms with van der Waals surface area (Å²) in [5.41, 5.74) is 1.03. The number of benzene rings is 2. The number of ether oxygens (including phenoxy) is 1. The molecule has 0 radical (unpaired) electrons. The molecule has 0 aliphatic heterocycles. The van der Waals surface area contributed by atoms with Gasteiger partial charge in [0, 0.05) is 30.3 Å². The Kier molecular flexibility index (Phi) is 6.70. The third-order valence-corrected chi connectivity index (χ3v) is 4.63. The Hall–Kier alpha value is -4.09. The molecule has 3 aromatic rings. The quantitative estimate of drug-likeness (QED) is 0.247. The van der Waals surface area contributed by atoms with Crippen LogP contribution in [0, 0.1) is 21.4 Å². The lowest BCUT2D eigenvalue weighted by atomic mass is 10.1. The second kappa shape index (κ2) is 9.61. The number of carbonyl (C=O) groups is 1. The summed E-state index contributed by atoms with van der Waals surface area (Å²) in [6.45, 7) is 0.240. The van der Waals surface area contributed by atoms with Crippen LogP contribution in [-0.2, 0) is 11.3 Å². The van der Waals surface area contributed by atoms with Gasteiger partial charge in [0.1, 0.15) is 28.9 Å². The van der Waals surface area contributed by atoms with Crippen molar-refractivity contribution in [3.63, 3.8) is 0 Å². The van der Waals surface area contributed by atoms with Crippen LogP contribution in [0.2, 0.25) is 5.02 Å². The molecule has 0 aliphatic rings. The van der Waals surface area contributed by atoms with Gasteiger partial charge in [-0.3, -0.25) is 14.9 Å². The monoisotopic (exact) mass is 437 g/mol. The van der Waals surface area contributed by atoms with Gasteiger partial charge in [-0.2, -0.15) is 5.26 Å². The van der Waals surface area contributed by atoms with Crippen molar-refractivity contribution >= 4 is 29.3 Å². The molecule has 0 atom stereocenters. The molecule has 31 heavy (non-hydrogen) atoms. The molecule has 1 aromatic heterocycles. The molecule has 0 bridgehead atoms. The molecule has 0 aliphatic carbocycles. The third-order valence-electron chi connectivity index (χ3n) is 4.32. The van der Waals surface area contributed by atoms with Crippen LogP contribution in [0.5, 0.6) is 5.75 Å². The van der Waals surface area contributed by atoms with E-state index in [0.717, 1.165) is 5.56 Å². The van der Waals surface area contributed by atoms with E-state index < -0.39 is 10.8 Å². The van der Waals surface area contributed by atoms with Crippen LogP contribution in [0.15, 0.2) is 64.6 Å². The average Bonchev–Trinajstić information content (AvgIpc) is 3.24. The summed E-state index contributed by atoms with van der Waals surface area (Å²) in [7, 11) is 1.57. The fraction of sp³-hybridized carbons (Fsp3) is 0.0909. The molecule has 0 saturated carbocycles. The van der Waals surface area contributed by atoms with Gasteiger partial charge in [0.05, 0.1) is 17.1 Å². The van der Waals surface area contributed by atoms with E-state index in [1.165, 1.54) is 24.3 Å². The Morgan fingerprint density at radius 2 is 2.00 bits per heavy atom. The Morgan fingerprint density at radius 3 is 2.61 bits per heavy atom. The number of rotatable bonds is 7. The van der Waals surface area contributed by atoms with Crippen molar-refractivity contribution in [3.8, 4) is 23.1 Å². The molecule has 8 nitrogen and oxygen atoms in total. The van der Waals surface area contributed by atoms with E-state index in [9.17, 15) is 20.2 Å². The number of amides is 1. The minimum Gasteiger partial charge on any atom is -0.497 e. The summed E-state index contributed by atoms with van der Waals surface area (Å²) in [6, 6.07) is 16.2. The van der Waals surface area contributed by atoms with Gasteiger partial charge in [0.15, 0.2) is 0 Å². The zero-order valence-corrected chi connectivity index (χ0v) is 17.1. The van der Waals surface area contributed by atoms with Crippen LogP contribution in [-0.4, -0.2) is 17.9 Å². The minimum atomic E-state index is -0.551. The number of hydrogen-bond acceptors (Lipinski definition) is 6.